The Kier molecular flexibility index (Phi) is 6.51. The molecule has 4 rings (SSSR count). The summed E-state index contributed by atoms with van der Waals surface area (Å²) >= 11 is 0. The van der Waals surface area contributed by atoms with Gasteiger partial charge in [0.2, 0.25) is 11.8 Å². The van der Waals surface area contributed by atoms with Gasteiger partial charge in [-0.05, 0) is 42.3 Å². The number of anilines is 1. The van der Waals surface area contributed by atoms with Crippen molar-refractivity contribution in [2.45, 2.75) is 25.8 Å². The SMILES string of the molecule is COc1ccc(F)cc1CN1CCN(C(=O)Cc2ccc(N3CCCC3=O)cc2)CC1. The standard InChI is InChI=1S/C24H28FN3O3/c1-31-22-9-6-20(25)16-19(22)17-26-11-13-27(14-12-26)24(30)15-18-4-7-21(8-5-18)28-10-2-3-23(28)29/h4-9,16H,2-3,10-15,17H2,1H3. The molecule has 2 saturated heterocycles. The summed E-state index contributed by atoms with van der Waals surface area (Å²) in [7, 11) is 1.59. The molecule has 2 fully saturated rings. The Labute approximate surface area is 182 Å². The lowest BCUT2D eigenvalue weighted by Gasteiger charge is -2.35. The molecular weight excluding hydrogens is 397 g/mol. The van der Waals surface area contributed by atoms with E-state index in [1.165, 1.54) is 12.1 Å². The van der Waals surface area contributed by atoms with Gasteiger partial charge in [0.1, 0.15) is 11.6 Å². The van der Waals surface area contributed by atoms with E-state index >= 15 is 0 Å². The van der Waals surface area contributed by atoms with Gasteiger partial charge in [-0.3, -0.25) is 14.5 Å². The van der Waals surface area contributed by atoms with Gasteiger partial charge in [0, 0.05) is 56.9 Å². The van der Waals surface area contributed by atoms with Crippen LogP contribution in [0.25, 0.3) is 0 Å². The number of nitrogens with zero attached hydrogens (tertiary/aromatic N) is 3. The van der Waals surface area contributed by atoms with E-state index in [-0.39, 0.29) is 17.6 Å². The number of halogens is 1. The highest BCUT2D eigenvalue weighted by Gasteiger charge is 2.23. The molecule has 164 valence electrons. The Morgan fingerprint density at radius 2 is 1.77 bits per heavy atom. The molecule has 6 nitrogen and oxygen atoms in total. The second-order valence-corrected chi connectivity index (χ2v) is 8.11. The molecule has 0 atom stereocenters. The van der Waals surface area contributed by atoms with Crippen molar-refractivity contribution < 1.29 is 18.7 Å². The van der Waals surface area contributed by atoms with E-state index in [2.05, 4.69) is 4.90 Å². The molecule has 0 radical (unpaired) electrons. The first-order chi connectivity index (χ1) is 15.0. The van der Waals surface area contributed by atoms with Crippen LogP contribution in [0.15, 0.2) is 42.5 Å². The average molecular weight is 426 g/mol. The van der Waals surface area contributed by atoms with Crippen molar-refractivity contribution in [3.63, 3.8) is 0 Å². The second kappa shape index (κ2) is 9.47. The molecule has 7 heteroatoms. The summed E-state index contributed by atoms with van der Waals surface area (Å²) in [4.78, 5) is 30.5. The number of hydrogen-bond acceptors (Lipinski definition) is 4. The van der Waals surface area contributed by atoms with Crippen LogP contribution in [0, 0.1) is 5.82 Å². The van der Waals surface area contributed by atoms with Crippen molar-refractivity contribution in [3.05, 3.63) is 59.4 Å². The van der Waals surface area contributed by atoms with E-state index in [4.69, 9.17) is 4.74 Å². The summed E-state index contributed by atoms with van der Waals surface area (Å²) in [5.74, 6) is 0.675. The Balaban J connectivity index is 1.28. The van der Waals surface area contributed by atoms with Gasteiger partial charge in [0.25, 0.3) is 0 Å². The topological polar surface area (TPSA) is 53.1 Å². The second-order valence-electron chi connectivity index (χ2n) is 8.11. The number of carbonyl (C=O) groups is 2. The molecule has 0 spiro atoms. The highest BCUT2D eigenvalue weighted by molar-refractivity contribution is 5.95. The van der Waals surface area contributed by atoms with Crippen LogP contribution >= 0.6 is 0 Å². The highest BCUT2D eigenvalue weighted by atomic mass is 19.1. The summed E-state index contributed by atoms with van der Waals surface area (Å²) in [5, 5.41) is 0. The molecule has 0 unspecified atom stereocenters. The van der Waals surface area contributed by atoms with Gasteiger partial charge in [0.05, 0.1) is 13.5 Å². The van der Waals surface area contributed by atoms with Crippen LogP contribution in [-0.2, 0) is 22.6 Å². The van der Waals surface area contributed by atoms with Crippen LogP contribution < -0.4 is 9.64 Å². The zero-order chi connectivity index (χ0) is 21.8. The maximum Gasteiger partial charge on any atom is 0.227 e. The normalized spacial score (nSPS) is 17.3. The number of ether oxygens (including phenoxy) is 1. The monoisotopic (exact) mass is 425 g/mol. The van der Waals surface area contributed by atoms with Gasteiger partial charge in [0.15, 0.2) is 0 Å². The van der Waals surface area contributed by atoms with Crippen LogP contribution in [0.5, 0.6) is 5.75 Å². The van der Waals surface area contributed by atoms with Crippen LogP contribution in [0.4, 0.5) is 10.1 Å². The molecule has 0 saturated carbocycles. The van der Waals surface area contributed by atoms with E-state index in [0.717, 1.165) is 42.9 Å². The summed E-state index contributed by atoms with van der Waals surface area (Å²) in [5.41, 5.74) is 2.67. The van der Waals surface area contributed by atoms with Crippen molar-refractivity contribution in [2.24, 2.45) is 0 Å². The van der Waals surface area contributed by atoms with Gasteiger partial charge < -0.3 is 14.5 Å². The Morgan fingerprint density at radius 1 is 1.03 bits per heavy atom. The number of benzene rings is 2. The Morgan fingerprint density at radius 3 is 2.42 bits per heavy atom. The van der Waals surface area contributed by atoms with Crippen LogP contribution in [0.3, 0.4) is 0 Å². The van der Waals surface area contributed by atoms with Gasteiger partial charge in [-0.15, -0.1) is 0 Å². The summed E-state index contributed by atoms with van der Waals surface area (Å²) < 4.78 is 18.9. The molecule has 31 heavy (non-hydrogen) atoms. The fourth-order valence-electron chi connectivity index (χ4n) is 4.27. The molecular formula is C24H28FN3O3. The first-order valence-electron chi connectivity index (χ1n) is 10.8. The molecule has 2 aromatic carbocycles. The van der Waals surface area contributed by atoms with Crippen molar-refractivity contribution in [2.75, 3.05) is 44.7 Å². The molecule has 2 heterocycles. The first-order valence-corrected chi connectivity index (χ1v) is 10.8. The third-order valence-corrected chi connectivity index (χ3v) is 6.04. The molecule has 2 aromatic rings. The number of hydrogen-bond donors (Lipinski definition) is 0. The fraction of sp³-hybridized carbons (Fsp3) is 0.417. The van der Waals surface area contributed by atoms with E-state index in [1.54, 1.807) is 18.1 Å². The molecule has 0 N–H and O–H groups in total. The largest absolute Gasteiger partial charge is 0.496 e. The lowest BCUT2D eigenvalue weighted by molar-refractivity contribution is -0.132. The van der Waals surface area contributed by atoms with Crippen molar-refractivity contribution >= 4 is 17.5 Å². The molecule has 0 bridgehead atoms. The maximum absolute atomic E-state index is 13.6. The third kappa shape index (κ3) is 5.05. The summed E-state index contributed by atoms with van der Waals surface area (Å²) in [6.07, 6.45) is 1.86. The van der Waals surface area contributed by atoms with Gasteiger partial charge in [-0.25, -0.2) is 4.39 Å². The van der Waals surface area contributed by atoms with Gasteiger partial charge in [-0.1, -0.05) is 12.1 Å². The number of amides is 2. The lowest BCUT2D eigenvalue weighted by atomic mass is 10.1. The van der Waals surface area contributed by atoms with Crippen molar-refractivity contribution in [1.82, 2.24) is 9.80 Å². The predicted octanol–water partition coefficient (Wildman–Crippen LogP) is 2.85. The smallest absolute Gasteiger partial charge is 0.227 e. The maximum atomic E-state index is 13.6. The quantitative estimate of drug-likeness (QED) is 0.714. The Bertz CT molecular complexity index is 940. The van der Waals surface area contributed by atoms with E-state index in [0.29, 0.717) is 38.2 Å². The van der Waals surface area contributed by atoms with Crippen LogP contribution in [0.2, 0.25) is 0 Å². The fourth-order valence-corrected chi connectivity index (χ4v) is 4.27. The van der Waals surface area contributed by atoms with E-state index in [9.17, 15) is 14.0 Å². The zero-order valence-corrected chi connectivity index (χ0v) is 17.8. The minimum absolute atomic E-state index is 0.105. The van der Waals surface area contributed by atoms with Gasteiger partial charge >= 0.3 is 0 Å². The molecule has 2 amide bonds. The predicted molar refractivity (Wildman–Crippen MR) is 117 cm³/mol. The molecule has 0 aliphatic carbocycles. The third-order valence-electron chi connectivity index (χ3n) is 6.04. The summed E-state index contributed by atoms with van der Waals surface area (Å²) in [6.45, 7) is 4.14. The zero-order valence-electron chi connectivity index (χ0n) is 17.8. The minimum Gasteiger partial charge on any atom is -0.496 e. The van der Waals surface area contributed by atoms with Crippen molar-refractivity contribution in [3.8, 4) is 5.75 Å². The van der Waals surface area contributed by atoms with Crippen molar-refractivity contribution in [1.29, 1.82) is 0 Å². The number of piperazine rings is 1. The number of methoxy groups -OCH3 is 1. The first kappa shape index (κ1) is 21.3. The number of rotatable bonds is 6. The van der Waals surface area contributed by atoms with E-state index in [1.807, 2.05) is 29.2 Å². The van der Waals surface area contributed by atoms with Crippen LogP contribution in [0.1, 0.15) is 24.0 Å². The summed E-state index contributed by atoms with van der Waals surface area (Å²) in [6, 6.07) is 12.3. The van der Waals surface area contributed by atoms with E-state index < -0.39 is 0 Å². The van der Waals surface area contributed by atoms with Crippen LogP contribution in [-0.4, -0.2) is 61.4 Å². The minimum atomic E-state index is -0.273. The molecule has 2 aliphatic heterocycles. The Hall–Kier alpha value is -2.93. The molecule has 2 aliphatic rings. The highest BCUT2D eigenvalue weighted by Crippen LogP contribution is 2.23. The number of carbonyl (C=O) groups excluding carboxylic acids is 2. The molecule has 0 aromatic heterocycles. The average Bonchev–Trinajstić information content (AvgIpc) is 3.21. The lowest BCUT2D eigenvalue weighted by Crippen LogP contribution is -2.48. The van der Waals surface area contributed by atoms with Gasteiger partial charge in [-0.2, -0.15) is 0 Å².